The van der Waals surface area contributed by atoms with Crippen molar-refractivity contribution >= 4 is 23.0 Å². The molecule has 0 radical (unpaired) electrons. The van der Waals surface area contributed by atoms with Crippen LogP contribution in [0.5, 0.6) is 0 Å². The lowest BCUT2D eigenvalue weighted by Gasteiger charge is -2.00. The van der Waals surface area contributed by atoms with Crippen molar-refractivity contribution in [3.63, 3.8) is 0 Å². The molecule has 1 atom stereocenters. The van der Waals surface area contributed by atoms with Crippen molar-refractivity contribution in [3.8, 4) is 0 Å². The maximum absolute atomic E-state index is 11.2. The van der Waals surface area contributed by atoms with Crippen molar-refractivity contribution in [2.75, 3.05) is 0 Å². The Balaban J connectivity index is 0.000000255. The van der Waals surface area contributed by atoms with E-state index in [0.29, 0.717) is 0 Å². The fraction of sp³-hybridized carbons (Fsp3) is 0.545. The standard InChI is InChI=1S/C16H26O3.C6H5N3/c1-2-3-4-5-6-7-8-9-10-11-12-14-13-15(17)19-16(14)18;1-2-4-6-5(3-1)7-9-8-6/h11-12,14H,2-10,13H2,1H3;1-4H,(H,7,8,9). The van der Waals surface area contributed by atoms with E-state index in [1.165, 1.54) is 51.4 Å². The Morgan fingerprint density at radius 2 is 1.61 bits per heavy atom. The number of hydrogen-bond donors (Lipinski definition) is 1. The first kappa shape index (κ1) is 21.8. The zero-order valence-electron chi connectivity index (χ0n) is 16.7. The van der Waals surface area contributed by atoms with E-state index in [9.17, 15) is 9.59 Å². The highest BCUT2D eigenvalue weighted by Crippen LogP contribution is 2.18. The fourth-order valence-corrected chi connectivity index (χ4v) is 3.08. The number of nitrogens with zero attached hydrogens (tertiary/aromatic N) is 2. The third-order valence-electron chi connectivity index (χ3n) is 4.72. The van der Waals surface area contributed by atoms with Crippen LogP contribution in [0.3, 0.4) is 0 Å². The van der Waals surface area contributed by atoms with Crippen molar-refractivity contribution in [2.45, 2.75) is 71.1 Å². The number of rotatable bonds is 10. The monoisotopic (exact) mass is 385 g/mol. The molecule has 1 aromatic heterocycles. The second kappa shape index (κ2) is 12.8. The summed E-state index contributed by atoms with van der Waals surface area (Å²) < 4.78 is 4.49. The molecule has 0 bridgehead atoms. The second-order valence-electron chi connectivity index (χ2n) is 7.11. The predicted octanol–water partition coefficient (Wildman–Crippen LogP) is 5.12. The van der Waals surface area contributed by atoms with Gasteiger partial charge in [0.1, 0.15) is 11.0 Å². The average Bonchev–Trinajstić information content (AvgIpc) is 3.29. The van der Waals surface area contributed by atoms with E-state index >= 15 is 0 Å². The van der Waals surface area contributed by atoms with Gasteiger partial charge in [-0.3, -0.25) is 9.59 Å². The summed E-state index contributed by atoms with van der Waals surface area (Å²) in [4.78, 5) is 22.1. The molecule has 0 aliphatic carbocycles. The molecule has 28 heavy (non-hydrogen) atoms. The topological polar surface area (TPSA) is 84.9 Å². The van der Waals surface area contributed by atoms with Gasteiger partial charge < -0.3 is 4.74 Å². The number of ether oxygens (including phenoxy) is 1. The number of cyclic esters (lactones) is 2. The predicted molar refractivity (Wildman–Crippen MR) is 109 cm³/mol. The Morgan fingerprint density at radius 3 is 2.18 bits per heavy atom. The zero-order valence-corrected chi connectivity index (χ0v) is 16.7. The van der Waals surface area contributed by atoms with Gasteiger partial charge in [-0.05, 0) is 25.0 Å². The van der Waals surface area contributed by atoms with Crippen LogP contribution in [0.25, 0.3) is 11.0 Å². The lowest BCUT2D eigenvalue weighted by atomic mass is 10.0. The molecule has 3 rings (SSSR count). The molecule has 1 N–H and O–H groups in total. The highest BCUT2D eigenvalue weighted by atomic mass is 16.6. The number of fused-ring (bicyclic) bond motifs is 1. The molecule has 0 saturated carbocycles. The minimum atomic E-state index is -0.397. The highest BCUT2D eigenvalue weighted by Gasteiger charge is 2.30. The minimum Gasteiger partial charge on any atom is -0.393 e. The van der Waals surface area contributed by atoms with E-state index in [0.717, 1.165) is 17.5 Å². The summed E-state index contributed by atoms with van der Waals surface area (Å²) in [7, 11) is 0. The molecule has 1 aliphatic heterocycles. The van der Waals surface area contributed by atoms with E-state index < -0.39 is 11.9 Å². The molecule has 2 aromatic rings. The van der Waals surface area contributed by atoms with Crippen molar-refractivity contribution in [1.29, 1.82) is 0 Å². The number of unbranched alkanes of at least 4 members (excludes halogenated alkanes) is 8. The third kappa shape index (κ3) is 8.03. The highest BCUT2D eigenvalue weighted by molar-refractivity contribution is 5.95. The Morgan fingerprint density at radius 1 is 1.00 bits per heavy atom. The smallest absolute Gasteiger partial charge is 0.321 e. The first-order valence-electron chi connectivity index (χ1n) is 10.4. The Bertz CT molecular complexity index is 724. The van der Waals surface area contributed by atoms with E-state index in [2.05, 4.69) is 27.1 Å². The van der Waals surface area contributed by atoms with Crippen molar-refractivity contribution in [2.24, 2.45) is 5.92 Å². The maximum Gasteiger partial charge on any atom is 0.321 e. The van der Waals surface area contributed by atoms with E-state index in [1.807, 2.05) is 36.4 Å². The Labute approximate surface area is 166 Å². The molecule has 152 valence electrons. The molecule has 1 unspecified atom stereocenters. The lowest BCUT2D eigenvalue weighted by Crippen LogP contribution is -2.03. The van der Waals surface area contributed by atoms with Crippen LogP contribution < -0.4 is 0 Å². The number of carbonyl (C=O) groups is 2. The van der Waals surface area contributed by atoms with Crippen LogP contribution in [0.4, 0.5) is 0 Å². The van der Waals surface area contributed by atoms with Crippen LogP contribution in [0.15, 0.2) is 36.4 Å². The third-order valence-corrected chi connectivity index (χ3v) is 4.72. The molecule has 1 saturated heterocycles. The van der Waals surface area contributed by atoms with Gasteiger partial charge in [-0.1, -0.05) is 76.2 Å². The van der Waals surface area contributed by atoms with Crippen LogP contribution in [0, 0.1) is 5.92 Å². The summed E-state index contributed by atoms with van der Waals surface area (Å²) in [5.41, 5.74) is 1.83. The molecular formula is C22H31N3O3. The first-order chi connectivity index (χ1) is 13.7. The SMILES string of the molecule is CCCCCCCCCCC=CC1CC(=O)OC1=O.c1ccc2n[nH]nc2c1. The maximum atomic E-state index is 11.2. The average molecular weight is 386 g/mol. The van der Waals surface area contributed by atoms with Crippen LogP contribution in [-0.4, -0.2) is 27.3 Å². The first-order valence-corrected chi connectivity index (χ1v) is 10.4. The molecule has 6 nitrogen and oxygen atoms in total. The van der Waals surface area contributed by atoms with Crippen LogP contribution in [0.2, 0.25) is 0 Å². The number of esters is 2. The Kier molecular flexibility index (Phi) is 9.97. The second-order valence-corrected chi connectivity index (χ2v) is 7.11. The van der Waals surface area contributed by atoms with Gasteiger partial charge >= 0.3 is 11.9 Å². The van der Waals surface area contributed by atoms with E-state index in [1.54, 1.807) is 0 Å². The summed E-state index contributed by atoms with van der Waals surface area (Å²) in [6.07, 6.45) is 15.5. The summed E-state index contributed by atoms with van der Waals surface area (Å²) in [5, 5.41) is 10.3. The summed E-state index contributed by atoms with van der Waals surface area (Å²) in [5.74, 6) is -1.12. The van der Waals surface area contributed by atoms with E-state index in [-0.39, 0.29) is 12.3 Å². The molecule has 2 heterocycles. The number of para-hydroxylation sites is 2. The van der Waals surface area contributed by atoms with Gasteiger partial charge in [0.2, 0.25) is 0 Å². The number of aromatic nitrogens is 3. The number of carbonyl (C=O) groups excluding carboxylic acids is 2. The number of allylic oxidation sites excluding steroid dienone is 1. The quantitative estimate of drug-likeness (QED) is 0.265. The number of hydrogen-bond acceptors (Lipinski definition) is 5. The van der Waals surface area contributed by atoms with Crippen LogP contribution in [0.1, 0.15) is 71.1 Å². The number of nitrogens with one attached hydrogen (secondary N) is 1. The van der Waals surface area contributed by atoms with Gasteiger partial charge in [0, 0.05) is 0 Å². The summed E-state index contributed by atoms with van der Waals surface area (Å²) in [6.45, 7) is 2.24. The lowest BCUT2D eigenvalue weighted by molar-refractivity contribution is -0.152. The van der Waals surface area contributed by atoms with Gasteiger partial charge in [0.15, 0.2) is 0 Å². The molecule has 0 amide bonds. The van der Waals surface area contributed by atoms with Crippen LogP contribution >= 0.6 is 0 Å². The van der Waals surface area contributed by atoms with Gasteiger partial charge in [-0.2, -0.15) is 15.4 Å². The fourth-order valence-electron chi connectivity index (χ4n) is 3.08. The Hall–Kier alpha value is -2.50. The largest absolute Gasteiger partial charge is 0.393 e. The van der Waals surface area contributed by atoms with Crippen molar-refractivity contribution in [3.05, 3.63) is 36.4 Å². The molecule has 1 aromatic carbocycles. The summed E-state index contributed by atoms with van der Waals surface area (Å²) in [6, 6.07) is 7.70. The van der Waals surface area contributed by atoms with Gasteiger partial charge in [-0.25, -0.2) is 0 Å². The normalized spacial score (nSPS) is 16.4. The zero-order chi connectivity index (χ0) is 20.0. The minimum absolute atomic E-state index is 0.215. The van der Waals surface area contributed by atoms with Crippen molar-refractivity contribution < 1.29 is 14.3 Å². The van der Waals surface area contributed by atoms with Gasteiger partial charge in [0.25, 0.3) is 0 Å². The number of H-pyrrole nitrogens is 1. The van der Waals surface area contributed by atoms with Gasteiger partial charge in [0.05, 0.1) is 12.3 Å². The van der Waals surface area contributed by atoms with Crippen LogP contribution in [-0.2, 0) is 14.3 Å². The number of aromatic amines is 1. The molecule has 0 spiro atoms. The molecular weight excluding hydrogens is 354 g/mol. The molecule has 1 aliphatic rings. The van der Waals surface area contributed by atoms with Crippen molar-refractivity contribution in [1.82, 2.24) is 15.4 Å². The number of benzene rings is 1. The van der Waals surface area contributed by atoms with Gasteiger partial charge in [-0.15, -0.1) is 0 Å². The molecule has 6 heteroatoms. The molecule has 1 fully saturated rings. The van der Waals surface area contributed by atoms with E-state index in [4.69, 9.17) is 0 Å². The summed E-state index contributed by atoms with van der Waals surface area (Å²) >= 11 is 0.